The van der Waals surface area contributed by atoms with Gasteiger partial charge in [0, 0.05) is 24.9 Å². The minimum Gasteiger partial charge on any atom is -0.373 e. The lowest BCUT2D eigenvalue weighted by Gasteiger charge is -2.32. The number of carbonyl (C=O) groups is 1. The zero-order chi connectivity index (χ0) is 13.4. The Balaban J connectivity index is 2.26. The van der Waals surface area contributed by atoms with Crippen molar-refractivity contribution < 1.29 is 9.53 Å². The molecule has 1 atom stereocenters. The lowest BCUT2D eigenvalue weighted by Crippen LogP contribution is -2.34. The van der Waals surface area contributed by atoms with Crippen molar-refractivity contribution in [3.63, 3.8) is 0 Å². The Labute approximate surface area is 112 Å². The molecule has 1 heterocycles. The Bertz CT molecular complexity index is 636. The molecule has 0 N–H and O–H groups in total. The highest BCUT2D eigenvalue weighted by Gasteiger charge is 2.30. The van der Waals surface area contributed by atoms with Crippen LogP contribution in [0.15, 0.2) is 36.4 Å². The Morgan fingerprint density at radius 1 is 1.26 bits per heavy atom. The van der Waals surface area contributed by atoms with E-state index in [1.165, 1.54) is 10.8 Å². The Kier molecular flexibility index (Phi) is 2.99. The summed E-state index contributed by atoms with van der Waals surface area (Å²) in [5.41, 5.74) is 2.11. The number of benzene rings is 2. The van der Waals surface area contributed by atoms with Gasteiger partial charge in [0.25, 0.3) is 0 Å². The zero-order valence-electron chi connectivity index (χ0n) is 11.2. The van der Waals surface area contributed by atoms with Gasteiger partial charge in [-0.15, -0.1) is 0 Å². The van der Waals surface area contributed by atoms with Gasteiger partial charge in [0.05, 0.1) is 12.5 Å². The van der Waals surface area contributed by atoms with Crippen molar-refractivity contribution in [1.29, 1.82) is 0 Å². The maximum atomic E-state index is 12.0. The van der Waals surface area contributed by atoms with E-state index >= 15 is 0 Å². The predicted octanol–water partition coefficient (Wildman–Crippen LogP) is 3.28. The van der Waals surface area contributed by atoms with E-state index in [1.54, 1.807) is 4.90 Å². The summed E-state index contributed by atoms with van der Waals surface area (Å²) >= 11 is 0. The molecule has 0 saturated carbocycles. The maximum absolute atomic E-state index is 12.0. The summed E-state index contributed by atoms with van der Waals surface area (Å²) in [5.74, 6) is 0.112. The van der Waals surface area contributed by atoms with Gasteiger partial charge in [0.15, 0.2) is 0 Å². The highest BCUT2D eigenvalue weighted by atomic mass is 16.5. The molecular weight excluding hydrogens is 238 g/mol. The molecule has 2 aromatic carbocycles. The third-order valence-corrected chi connectivity index (χ3v) is 3.73. The van der Waals surface area contributed by atoms with Gasteiger partial charge in [-0.3, -0.25) is 4.79 Å². The van der Waals surface area contributed by atoms with Crippen LogP contribution in [0.25, 0.3) is 10.8 Å². The van der Waals surface area contributed by atoms with E-state index in [4.69, 9.17) is 4.74 Å². The van der Waals surface area contributed by atoms with Gasteiger partial charge in [0.1, 0.15) is 0 Å². The molecule has 3 heteroatoms. The third kappa shape index (κ3) is 1.90. The SMILES string of the molecule is CCOC1CC(=O)N(C)c2ccc3ccccc3c21. The molecule has 3 nitrogen and oxygen atoms in total. The second kappa shape index (κ2) is 4.67. The van der Waals surface area contributed by atoms with E-state index in [-0.39, 0.29) is 12.0 Å². The molecule has 0 fully saturated rings. The average molecular weight is 255 g/mol. The van der Waals surface area contributed by atoms with Gasteiger partial charge >= 0.3 is 0 Å². The monoisotopic (exact) mass is 255 g/mol. The Hall–Kier alpha value is -1.87. The van der Waals surface area contributed by atoms with E-state index in [0.717, 1.165) is 11.3 Å². The lowest BCUT2D eigenvalue weighted by molar-refractivity contribution is -0.121. The molecular formula is C16H17NO2. The van der Waals surface area contributed by atoms with Gasteiger partial charge < -0.3 is 9.64 Å². The number of carbonyl (C=O) groups excluding carboxylic acids is 1. The molecule has 3 rings (SSSR count). The molecule has 0 spiro atoms. The van der Waals surface area contributed by atoms with Crippen LogP contribution in [0.5, 0.6) is 0 Å². The van der Waals surface area contributed by atoms with Gasteiger partial charge in [0.2, 0.25) is 5.91 Å². The first-order chi connectivity index (χ1) is 9.22. The van der Waals surface area contributed by atoms with Crippen LogP contribution in [0.2, 0.25) is 0 Å². The van der Waals surface area contributed by atoms with Crippen LogP contribution in [0, 0.1) is 0 Å². The van der Waals surface area contributed by atoms with E-state index < -0.39 is 0 Å². The minimum atomic E-state index is -0.130. The van der Waals surface area contributed by atoms with Gasteiger partial charge in [-0.2, -0.15) is 0 Å². The number of fused-ring (bicyclic) bond motifs is 3. The molecule has 1 unspecified atom stereocenters. The van der Waals surface area contributed by atoms with Crippen LogP contribution in [0.3, 0.4) is 0 Å². The summed E-state index contributed by atoms with van der Waals surface area (Å²) < 4.78 is 5.79. The summed E-state index contributed by atoms with van der Waals surface area (Å²) in [6, 6.07) is 12.3. The number of amides is 1. The van der Waals surface area contributed by atoms with Crippen LogP contribution in [-0.4, -0.2) is 19.6 Å². The molecule has 2 aromatic rings. The topological polar surface area (TPSA) is 29.5 Å². The van der Waals surface area contributed by atoms with Crippen LogP contribution < -0.4 is 4.90 Å². The molecule has 0 radical (unpaired) electrons. The lowest BCUT2D eigenvalue weighted by atomic mass is 9.92. The van der Waals surface area contributed by atoms with Gasteiger partial charge in [-0.25, -0.2) is 0 Å². The Morgan fingerprint density at radius 3 is 2.84 bits per heavy atom. The van der Waals surface area contributed by atoms with Crippen molar-refractivity contribution in [2.45, 2.75) is 19.4 Å². The number of hydrogen-bond donors (Lipinski definition) is 0. The number of hydrogen-bond acceptors (Lipinski definition) is 2. The molecule has 1 aliphatic heterocycles. The maximum Gasteiger partial charge on any atom is 0.229 e. The smallest absolute Gasteiger partial charge is 0.229 e. The van der Waals surface area contributed by atoms with Crippen LogP contribution in [0.1, 0.15) is 25.0 Å². The third-order valence-electron chi connectivity index (χ3n) is 3.73. The fourth-order valence-corrected chi connectivity index (χ4v) is 2.79. The van der Waals surface area contributed by atoms with Crippen molar-refractivity contribution >= 4 is 22.4 Å². The second-order valence-electron chi connectivity index (χ2n) is 4.82. The highest BCUT2D eigenvalue weighted by Crippen LogP contribution is 2.40. The molecule has 0 aliphatic carbocycles. The van der Waals surface area contributed by atoms with Gasteiger partial charge in [-0.1, -0.05) is 30.3 Å². The molecule has 1 aliphatic rings. The fraction of sp³-hybridized carbons (Fsp3) is 0.312. The average Bonchev–Trinajstić information content (AvgIpc) is 2.43. The van der Waals surface area contributed by atoms with E-state index in [9.17, 15) is 4.79 Å². The van der Waals surface area contributed by atoms with Crippen molar-refractivity contribution in [2.75, 3.05) is 18.6 Å². The predicted molar refractivity (Wildman–Crippen MR) is 76.3 cm³/mol. The van der Waals surface area contributed by atoms with Crippen molar-refractivity contribution in [3.05, 3.63) is 42.0 Å². The molecule has 1 amide bonds. The van der Waals surface area contributed by atoms with Crippen LogP contribution in [0.4, 0.5) is 5.69 Å². The summed E-state index contributed by atoms with van der Waals surface area (Å²) in [6.07, 6.45) is 0.292. The first-order valence-corrected chi connectivity index (χ1v) is 6.62. The number of nitrogens with zero attached hydrogens (tertiary/aromatic N) is 1. The summed E-state index contributed by atoms with van der Waals surface area (Å²) in [5, 5.41) is 2.37. The van der Waals surface area contributed by atoms with Crippen molar-refractivity contribution in [1.82, 2.24) is 0 Å². The van der Waals surface area contributed by atoms with Crippen molar-refractivity contribution in [3.8, 4) is 0 Å². The van der Waals surface area contributed by atoms with Gasteiger partial charge in [-0.05, 0) is 23.8 Å². The van der Waals surface area contributed by atoms with E-state index in [1.807, 2.05) is 32.2 Å². The van der Waals surface area contributed by atoms with Crippen LogP contribution >= 0.6 is 0 Å². The van der Waals surface area contributed by atoms with Crippen LogP contribution in [-0.2, 0) is 9.53 Å². The standard InChI is InChI=1S/C16H17NO2/c1-3-19-14-10-15(18)17(2)13-9-8-11-6-4-5-7-12(11)16(13)14/h4-9,14H,3,10H2,1-2H3. The van der Waals surface area contributed by atoms with Crippen molar-refractivity contribution in [2.24, 2.45) is 0 Å². The fourth-order valence-electron chi connectivity index (χ4n) is 2.79. The molecule has 98 valence electrons. The first-order valence-electron chi connectivity index (χ1n) is 6.62. The Morgan fingerprint density at radius 2 is 2.05 bits per heavy atom. The normalized spacial score (nSPS) is 18.7. The summed E-state index contributed by atoms with van der Waals surface area (Å²) in [4.78, 5) is 13.8. The largest absolute Gasteiger partial charge is 0.373 e. The minimum absolute atomic E-state index is 0.112. The number of rotatable bonds is 2. The zero-order valence-corrected chi connectivity index (χ0v) is 11.2. The van der Waals surface area contributed by atoms with E-state index in [2.05, 4.69) is 18.2 Å². The highest BCUT2D eigenvalue weighted by molar-refractivity contribution is 6.01. The quantitative estimate of drug-likeness (QED) is 0.824. The molecule has 0 saturated heterocycles. The van der Waals surface area contributed by atoms with E-state index in [0.29, 0.717) is 13.0 Å². The molecule has 0 aromatic heterocycles. The number of ether oxygens (including phenoxy) is 1. The molecule has 19 heavy (non-hydrogen) atoms. The summed E-state index contributed by atoms with van der Waals surface area (Å²) in [7, 11) is 1.83. The number of anilines is 1. The summed E-state index contributed by atoms with van der Waals surface area (Å²) in [6.45, 7) is 2.58. The second-order valence-corrected chi connectivity index (χ2v) is 4.82. The first kappa shape index (κ1) is 12.2. The molecule has 0 bridgehead atoms.